The number of nitrogens with zero attached hydrogens (tertiary/aromatic N) is 1. The summed E-state index contributed by atoms with van der Waals surface area (Å²) >= 11 is 0. The summed E-state index contributed by atoms with van der Waals surface area (Å²) in [6, 6.07) is 0. The van der Waals surface area contributed by atoms with E-state index in [1.54, 1.807) is 0 Å². The number of hydrogen-bond donors (Lipinski definition) is 1. The average molecular weight is 266 g/mol. The van der Waals surface area contributed by atoms with Gasteiger partial charge in [-0.25, -0.2) is 0 Å². The number of nitrogens with one attached hydrogen (secondary N) is 1. The van der Waals surface area contributed by atoms with Gasteiger partial charge in [0, 0.05) is 18.5 Å². The van der Waals surface area contributed by atoms with E-state index in [0.717, 1.165) is 45.4 Å². The van der Waals surface area contributed by atoms with Gasteiger partial charge in [-0.2, -0.15) is 0 Å². The lowest BCUT2D eigenvalue weighted by atomic mass is 9.81. The Morgan fingerprint density at radius 1 is 1.26 bits per heavy atom. The monoisotopic (exact) mass is 266 g/mol. The summed E-state index contributed by atoms with van der Waals surface area (Å²) in [5, 5.41) is 3.46. The highest BCUT2D eigenvalue weighted by Crippen LogP contribution is 2.42. The van der Waals surface area contributed by atoms with E-state index in [9.17, 15) is 4.79 Å². The molecule has 1 unspecified atom stereocenters. The number of piperidine rings is 1. The highest BCUT2D eigenvalue weighted by Gasteiger charge is 2.41. The SMILES string of the molecule is CCN(CC1CCCNC1)C(=O)C1(CC)CCCC1. The van der Waals surface area contributed by atoms with E-state index in [1.165, 1.54) is 25.7 Å². The van der Waals surface area contributed by atoms with Crippen LogP contribution in [0.15, 0.2) is 0 Å². The van der Waals surface area contributed by atoms with Crippen molar-refractivity contribution in [2.75, 3.05) is 26.2 Å². The quantitative estimate of drug-likeness (QED) is 0.830. The first-order chi connectivity index (χ1) is 9.22. The predicted molar refractivity (Wildman–Crippen MR) is 79.0 cm³/mol. The zero-order valence-electron chi connectivity index (χ0n) is 12.7. The molecular weight excluding hydrogens is 236 g/mol. The molecule has 1 saturated heterocycles. The van der Waals surface area contributed by atoms with E-state index in [4.69, 9.17) is 0 Å². The van der Waals surface area contributed by atoms with Gasteiger partial charge >= 0.3 is 0 Å². The molecule has 0 radical (unpaired) electrons. The molecule has 1 aliphatic carbocycles. The van der Waals surface area contributed by atoms with Gasteiger partial charge < -0.3 is 10.2 Å². The normalized spacial score (nSPS) is 26.3. The third-order valence-electron chi connectivity index (χ3n) is 5.24. The standard InChI is InChI=1S/C16H30N2O/c1-3-16(9-5-6-10-16)15(19)18(4-2)13-14-8-7-11-17-12-14/h14,17H,3-13H2,1-2H3. The molecule has 110 valence electrons. The summed E-state index contributed by atoms with van der Waals surface area (Å²) in [7, 11) is 0. The Morgan fingerprint density at radius 2 is 2.00 bits per heavy atom. The van der Waals surface area contributed by atoms with Crippen LogP contribution in [-0.2, 0) is 4.79 Å². The second-order valence-electron chi connectivity index (χ2n) is 6.40. The van der Waals surface area contributed by atoms with Crippen molar-refractivity contribution in [1.29, 1.82) is 0 Å². The van der Waals surface area contributed by atoms with E-state index in [0.29, 0.717) is 11.8 Å². The van der Waals surface area contributed by atoms with Crippen molar-refractivity contribution in [3.05, 3.63) is 0 Å². The Labute approximate surface area is 118 Å². The van der Waals surface area contributed by atoms with Gasteiger partial charge in [-0.15, -0.1) is 0 Å². The van der Waals surface area contributed by atoms with Gasteiger partial charge in [0.15, 0.2) is 0 Å². The summed E-state index contributed by atoms with van der Waals surface area (Å²) in [5.41, 5.74) is -0.0158. The van der Waals surface area contributed by atoms with E-state index in [-0.39, 0.29) is 5.41 Å². The Balaban J connectivity index is 1.97. The van der Waals surface area contributed by atoms with E-state index >= 15 is 0 Å². The van der Waals surface area contributed by atoms with E-state index in [2.05, 4.69) is 24.1 Å². The number of rotatable bonds is 5. The molecule has 19 heavy (non-hydrogen) atoms. The van der Waals surface area contributed by atoms with Crippen LogP contribution in [0.2, 0.25) is 0 Å². The molecule has 2 aliphatic rings. The maximum absolute atomic E-state index is 12.9. The van der Waals surface area contributed by atoms with Gasteiger partial charge in [0.25, 0.3) is 0 Å². The first kappa shape index (κ1) is 14.8. The molecular formula is C16H30N2O. The Hall–Kier alpha value is -0.570. The fraction of sp³-hybridized carbons (Fsp3) is 0.938. The third-order valence-corrected chi connectivity index (χ3v) is 5.24. The van der Waals surface area contributed by atoms with Gasteiger partial charge in [-0.3, -0.25) is 4.79 Å². The van der Waals surface area contributed by atoms with Crippen LogP contribution in [0, 0.1) is 11.3 Å². The topological polar surface area (TPSA) is 32.3 Å². The number of hydrogen-bond acceptors (Lipinski definition) is 2. The van der Waals surface area contributed by atoms with Gasteiger partial charge in [0.05, 0.1) is 0 Å². The fourth-order valence-corrected chi connectivity index (χ4v) is 3.85. The highest BCUT2D eigenvalue weighted by molar-refractivity contribution is 5.83. The van der Waals surface area contributed by atoms with Crippen molar-refractivity contribution >= 4 is 5.91 Å². The molecule has 0 aromatic heterocycles. The third kappa shape index (κ3) is 3.31. The van der Waals surface area contributed by atoms with Crippen LogP contribution in [0.1, 0.15) is 58.8 Å². The molecule has 0 aromatic rings. The summed E-state index contributed by atoms with van der Waals surface area (Å²) in [5.74, 6) is 1.11. The zero-order chi connectivity index (χ0) is 13.7. The zero-order valence-corrected chi connectivity index (χ0v) is 12.7. The van der Waals surface area contributed by atoms with Gasteiger partial charge in [0.2, 0.25) is 5.91 Å². The van der Waals surface area contributed by atoms with Crippen molar-refractivity contribution in [3.63, 3.8) is 0 Å². The molecule has 0 spiro atoms. The van der Waals surface area contributed by atoms with Crippen molar-refractivity contribution in [1.82, 2.24) is 10.2 Å². The van der Waals surface area contributed by atoms with Crippen molar-refractivity contribution in [3.8, 4) is 0 Å². The van der Waals surface area contributed by atoms with Crippen LogP contribution in [0.5, 0.6) is 0 Å². The molecule has 3 nitrogen and oxygen atoms in total. The molecule has 2 rings (SSSR count). The first-order valence-corrected chi connectivity index (χ1v) is 8.22. The van der Waals surface area contributed by atoms with Crippen LogP contribution in [0.25, 0.3) is 0 Å². The molecule has 1 amide bonds. The largest absolute Gasteiger partial charge is 0.342 e. The predicted octanol–water partition coefficient (Wildman–Crippen LogP) is 2.80. The number of carbonyl (C=O) groups excluding carboxylic acids is 1. The fourth-order valence-electron chi connectivity index (χ4n) is 3.85. The van der Waals surface area contributed by atoms with Crippen LogP contribution in [-0.4, -0.2) is 37.0 Å². The van der Waals surface area contributed by atoms with Crippen LogP contribution < -0.4 is 5.32 Å². The maximum atomic E-state index is 12.9. The second-order valence-corrected chi connectivity index (χ2v) is 6.40. The van der Waals surface area contributed by atoms with Crippen molar-refractivity contribution in [2.45, 2.75) is 58.8 Å². The van der Waals surface area contributed by atoms with Gasteiger partial charge in [0.1, 0.15) is 0 Å². The maximum Gasteiger partial charge on any atom is 0.228 e. The minimum Gasteiger partial charge on any atom is -0.342 e. The average Bonchev–Trinajstić information content (AvgIpc) is 2.95. The second kappa shape index (κ2) is 6.74. The molecule has 1 heterocycles. The summed E-state index contributed by atoms with van der Waals surface area (Å²) in [6.45, 7) is 8.39. The molecule has 1 atom stereocenters. The van der Waals surface area contributed by atoms with E-state index in [1.807, 2.05) is 0 Å². The Morgan fingerprint density at radius 3 is 2.53 bits per heavy atom. The van der Waals surface area contributed by atoms with Crippen LogP contribution in [0.3, 0.4) is 0 Å². The molecule has 1 N–H and O–H groups in total. The van der Waals surface area contributed by atoms with Crippen LogP contribution in [0.4, 0.5) is 0 Å². The minimum absolute atomic E-state index is 0.0158. The summed E-state index contributed by atoms with van der Waals surface area (Å²) < 4.78 is 0. The summed E-state index contributed by atoms with van der Waals surface area (Å²) in [6.07, 6.45) is 8.25. The number of carbonyl (C=O) groups is 1. The summed E-state index contributed by atoms with van der Waals surface area (Å²) in [4.78, 5) is 15.1. The Bertz CT molecular complexity index is 291. The van der Waals surface area contributed by atoms with Crippen LogP contribution >= 0.6 is 0 Å². The molecule has 3 heteroatoms. The van der Waals surface area contributed by atoms with E-state index < -0.39 is 0 Å². The first-order valence-electron chi connectivity index (χ1n) is 8.22. The lowest BCUT2D eigenvalue weighted by Crippen LogP contribution is -2.46. The molecule has 0 bridgehead atoms. The molecule has 2 fully saturated rings. The Kier molecular flexibility index (Phi) is 5.26. The smallest absolute Gasteiger partial charge is 0.228 e. The van der Waals surface area contributed by atoms with Crippen molar-refractivity contribution < 1.29 is 4.79 Å². The lowest BCUT2D eigenvalue weighted by Gasteiger charge is -2.36. The molecule has 0 aromatic carbocycles. The lowest BCUT2D eigenvalue weighted by molar-refractivity contribution is -0.142. The highest BCUT2D eigenvalue weighted by atomic mass is 16.2. The molecule has 1 aliphatic heterocycles. The molecule has 1 saturated carbocycles. The van der Waals surface area contributed by atoms with Crippen molar-refractivity contribution in [2.24, 2.45) is 11.3 Å². The number of amides is 1. The van der Waals surface area contributed by atoms with Gasteiger partial charge in [-0.1, -0.05) is 19.8 Å². The minimum atomic E-state index is -0.0158. The van der Waals surface area contributed by atoms with Gasteiger partial charge in [-0.05, 0) is 58.0 Å².